The number of amides is 1. The smallest absolute Gasteiger partial charge is 0.240 e. The molecule has 1 heterocycles. The number of hydrogen-bond acceptors (Lipinski definition) is 4. The summed E-state index contributed by atoms with van der Waals surface area (Å²) < 4.78 is 23.6. The lowest BCUT2D eigenvalue weighted by Crippen LogP contribution is -2.39. The molecule has 14 heavy (non-hydrogen) atoms. The Morgan fingerprint density at radius 2 is 2.21 bits per heavy atom. The number of nitrogens with two attached hydrogens (primary N) is 1. The van der Waals surface area contributed by atoms with Gasteiger partial charge in [0.05, 0.1) is 5.25 Å². The Bertz CT molecular complexity index is 325. The van der Waals surface area contributed by atoms with Gasteiger partial charge in [-0.05, 0) is 13.3 Å². The predicted molar refractivity (Wildman–Crippen MR) is 53.5 cm³/mol. The number of hydrogen-bond donors (Lipinski definition) is 1. The fraction of sp³-hybridized carbons (Fsp3) is 0.875. The summed E-state index contributed by atoms with van der Waals surface area (Å²) in [7, 11) is -1.77. The molecule has 0 radical (unpaired) electrons. The van der Waals surface area contributed by atoms with E-state index in [9.17, 15) is 13.2 Å². The van der Waals surface area contributed by atoms with E-state index in [2.05, 4.69) is 0 Å². The van der Waals surface area contributed by atoms with Gasteiger partial charge in [-0.2, -0.15) is 0 Å². The lowest BCUT2D eigenvalue weighted by molar-refractivity contribution is -0.126. The van der Waals surface area contributed by atoms with E-state index in [1.54, 1.807) is 14.0 Å². The van der Waals surface area contributed by atoms with Crippen LogP contribution in [0.3, 0.4) is 0 Å². The largest absolute Gasteiger partial charge is 0.345 e. The van der Waals surface area contributed by atoms with Crippen molar-refractivity contribution in [3.8, 4) is 0 Å². The molecule has 1 saturated heterocycles. The van der Waals surface area contributed by atoms with Gasteiger partial charge in [0.25, 0.3) is 0 Å². The Balaban J connectivity index is 2.90. The number of nitrogens with zero attached hydrogens (tertiary/aromatic N) is 1. The second-order valence-electron chi connectivity index (χ2n) is 3.67. The summed E-state index contributed by atoms with van der Waals surface area (Å²) in [5, 5.41) is -1.51. The predicted octanol–water partition coefficient (Wildman–Crippen LogP) is -1.02. The van der Waals surface area contributed by atoms with Gasteiger partial charge in [0.2, 0.25) is 5.91 Å². The third-order valence-corrected chi connectivity index (χ3v) is 5.21. The van der Waals surface area contributed by atoms with Crippen molar-refractivity contribution in [3.05, 3.63) is 0 Å². The van der Waals surface area contributed by atoms with Crippen LogP contribution < -0.4 is 5.73 Å². The molecule has 0 saturated carbocycles. The molecular weight excluding hydrogens is 204 g/mol. The van der Waals surface area contributed by atoms with Gasteiger partial charge >= 0.3 is 0 Å². The minimum absolute atomic E-state index is 0.0653. The van der Waals surface area contributed by atoms with Crippen LogP contribution in [-0.2, 0) is 14.6 Å². The molecule has 1 rings (SSSR count). The van der Waals surface area contributed by atoms with E-state index in [0.717, 1.165) is 0 Å². The van der Waals surface area contributed by atoms with Gasteiger partial charge in [-0.3, -0.25) is 4.79 Å². The first-order chi connectivity index (χ1) is 6.41. The molecule has 0 bridgehead atoms. The van der Waals surface area contributed by atoms with Crippen molar-refractivity contribution in [2.75, 3.05) is 20.1 Å². The molecule has 2 atom stereocenters. The van der Waals surface area contributed by atoms with E-state index in [1.807, 2.05) is 0 Å². The SMILES string of the molecule is CC(CN)S(=O)(=O)C1CCN(C)C1=O. The maximum absolute atomic E-state index is 11.8. The number of sulfone groups is 1. The number of likely N-dealkylation sites (tertiary alicyclic amines) is 1. The first-order valence-electron chi connectivity index (χ1n) is 4.59. The molecule has 5 nitrogen and oxygen atoms in total. The summed E-state index contributed by atoms with van der Waals surface area (Å²) in [6.07, 6.45) is 0.391. The van der Waals surface area contributed by atoms with Crippen LogP contribution in [0.25, 0.3) is 0 Å². The van der Waals surface area contributed by atoms with Crippen molar-refractivity contribution in [2.24, 2.45) is 5.73 Å². The Labute approximate surface area is 84.2 Å². The van der Waals surface area contributed by atoms with Gasteiger partial charge in [-0.25, -0.2) is 8.42 Å². The van der Waals surface area contributed by atoms with E-state index in [1.165, 1.54) is 4.90 Å². The van der Waals surface area contributed by atoms with Crippen molar-refractivity contribution in [3.63, 3.8) is 0 Å². The second-order valence-corrected chi connectivity index (χ2v) is 6.22. The van der Waals surface area contributed by atoms with Crippen LogP contribution in [0.15, 0.2) is 0 Å². The molecule has 1 aliphatic rings. The maximum Gasteiger partial charge on any atom is 0.240 e. The van der Waals surface area contributed by atoms with Gasteiger partial charge in [-0.15, -0.1) is 0 Å². The summed E-state index contributed by atoms with van der Waals surface area (Å²) in [5.41, 5.74) is 5.30. The number of carbonyl (C=O) groups is 1. The topological polar surface area (TPSA) is 80.5 Å². The summed E-state index contributed by atoms with van der Waals surface area (Å²) in [6.45, 7) is 2.12. The Kier molecular flexibility index (Phi) is 3.16. The first kappa shape index (κ1) is 11.5. The highest BCUT2D eigenvalue weighted by atomic mass is 32.2. The highest BCUT2D eigenvalue weighted by molar-refractivity contribution is 7.93. The molecule has 1 fully saturated rings. The highest BCUT2D eigenvalue weighted by Crippen LogP contribution is 2.20. The lowest BCUT2D eigenvalue weighted by atomic mass is 10.4. The molecular formula is C8H16N2O3S. The van der Waals surface area contributed by atoms with E-state index in [-0.39, 0.29) is 12.5 Å². The van der Waals surface area contributed by atoms with Crippen LogP contribution in [0.1, 0.15) is 13.3 Å². The Hall–Kier alpha value is -0.620. The summed E-state index contributed by atoms with van der Waals surface area (Å²) in [6, 6.07) is 0. The van der Waals surface area contributed by atoms with Crippen LogP contribution in [0.5, 0.6) is 0 Å². The summed E-state index contributed by atoms with van der Waals surface area (Å²) in [5.74, 6) is -0.301. The summed E-state index contributed by atoms with van der Waals surface area (Å²) in [4.78, 5) is 12.9. The molecule has 6 heteroatoms. The normalized spacial score (nSPS) is 25.5. The average Bonchev–Trinajstić information content (AvgIpc) is 2.46. The molecule has 82 valence electrons. The van der Waals surface area contributed by atoms with Crippen LogP contribution in [0.4, 0.5) is 0 Å². The molecule has 0 spiro atoms. The van der Waals surface area contributed by atoms with E-state index in [0.29, 0.717) is 13.0 Å². The van der Waals surface area contributed by atoms with E-state index >= 15 is 0 Å². The van der Waals surface area contributed by atoms with Crippen LogP contribution in [0.2, 0.25) is 0 Å². The van der Waals surface area contributed by atoms with Crippen molar-refractivity contribution in [1.82, 2.24) is 4.90 Å². The van der Waals surface area contributed by atoms with Crippen LogP contribution in [0, 0.1) is 0 Å². The highest BCUT2D eigenvalue weighted by Gasteiger charge is 2.41. The third kappa shape index (κ3) is 1.76. The summed E-state index contributed by atoms with van der Waals surface area (Å²) >= 11 is 0. The zero-order valence-electron chi connectivity index (χ0n) is 8.43. The van der Waals surface area contributed by atoms with E-state index < -0.39 is 20.3 Å². The molecule has 0 aromatic carbocycles. The Morgan fingerprint density at radius 3 is 2.57 bits per heavy atom. The average molecular weight is 220 g/mol. The minimum atomic E-state index is -3.39. The fourth-order valence-electron chi connectivity index (χ4n) is 1.51. The zero-order chi connectivity index (χ0) is 10.9. The molecule has 0 aromatic rings. The van der Waals surface area contributed by atoms with Crippen molar-refractivity contribution in [1.29, 1.82) is 0 Å². The molecule has 2 unspecified atom stereocenters. The first-order valence-corrected chi connectivity index (χ1v) is 6.20. The van der Waals surface area contributed by atoms with Crippen molar-refractivity contribution in [2.45, 2.75) is 23.8 Å². The zero-order valence-corrected chi connectivity index (χ0v) is 9.25. The van der Waals surface area contributed by atoms with Gasteiger partial charge in [0, 0.05) is 20.1 Å². The maximum atomic E-state index is 11.8. The van der Waals surface area contributed by atoms with Crippen molar-refractivity contribution >= 4 is 15.7 Å². The second kappa shape index (κ2) is 3.86. The van der Waals surface area contributed by atoms with Gasteiger partial charge in [0.15, 0.2) is 9.84 Å². The van der Waals surface area contributed by atoms with Gasteiger partial charge < -0.3 is 10.6 Å². The van der Waals surface area contributed by atoms with Crippen LogP contribution >= 0.6 is 0 Å². The molecule has 1 amide bonds. The monoisotopic (exact) mass is 220 g/mol. The Morgan fingerprint density at radius 1 is 1.64 bits per heavy atom. The molecule has 2 N–H and O–H groups in total. The lowest BCUT2D eigenvalue weighted by Gasteiger charge is -2.15. The molecule has 1 aliphatic heterocycles. The standard InChI is InChI=1S/C8H16N2O3S/c1-6(5-9)14(12,13)7-3-4-10(2)8(7)11/h6-7H,3-5,9H2,1-2H3. The van der Waals surface area contributed by atoms with Crippen LogP contribution in [-0.4, -0.2) is 49.9 Å². The molecule has 0 aromatic heterocycles. The fourth-order valence-corrected chi connectivity index (χ4v) is 3.23. The quantitative estimate of drug-likeness (QED) is 0.660. The van der Waals surface area contributed by atoms with Crippen molar-refractivity contribution < 1.29 is 13.2 Å². The number of rotatable bonds is 3. The number of carbonyl (C=O) groups excluding carboxylic acids is 1. The molecule has 0 aliphatic carbocycles. The third-order valence-electron chi connectivity index (χ3n) is 2.67. The minimum Gasteiger partial charge on any atom is -0.345 e. The van der Waals surface area contributed by atoms with E-state index in [4.69, 9.17) is 5.73 Å². The van der Waals surface area contributed by atoms with Gasteiger partial charge in [-0.1, -0.05) is 0 Å². The van der Waals surface area contributed by atoms with Gasteiger partial charge in [0.1, 0.15) is 5.25 Å².